The minimum absolute atomic E-state index is 0.0845. The fourth-order valence-electron chi connectivity index (χ4n) is 4.46. The minimum Gasteiger partial charge on any atom is -0.481 e. The van der Waals surface area contributed by atoms with E-state index in [2.05, 4.69) is 17.9 Å². The zero-order valence-corrected chi connectivity index (χ0v) is 20.4. The monoisotopic (exact) mass is 481 g/mol. The molecular formula is C26H43NO7. The van der Waals surface area contributed by atoms with Gasteiger partial charge >= 0.3 is 5.97 Å². The van der Waals surface area contributed by atoms with Gasteiger partial charge in [-0.25, -0.2) is 0 Å². The number of nitrogens with two attached hydrogens (primary N) is 1. The summed E-state index contributed by atoms with van der Waals surface area (Å²) in [7, 11) is 0. The van der Waals surface area contributed by atoms with Gasteiger partial charge in [0.1, 0.15) is 0 Å². The summed E-state index contributed by atoms with van der Waals surface area (Å²) in [6.07, 6.45) is 10.4. The van der Waals surface area contributed by atoms with Gasteiger partial charge in [-0.05, 0) is 56.8 Å². The van der Waals surface area contributed by atoms with Gasteiger partial charge in [0.05, 0.1) is 37.6 Å². The summed E-state index contributed by atoms with van der Waals surface area (Å²) in [5.41, 5.74) is 5.34. The van der Waals surface area contributed by atoms with Crippen LogP contribution < -0.4 is 5.73 Å². The van der Waals surface area contributed by atoms with Gasteiger partial charge in [0.25, 0.3) is 0 Å². The maximum Gasteiger partial charge on any atom is 0.303 e. The van der Waals surface area contributed by atoms with Crippen LogP contribution in [-0.2, 0) is 4.79 Å². The van der Waals surface area contributed by atoms with Crippen molar-refractivity contribution >= 4 is 5.97 Å². The van der Waals surface area contributed by atoms with Crippen LogP contribution in [0, 0.1) is 35.5 Å². The van der Waals surface area contributed by atoms with Crippen molar-refractivity contribution in [1.29, 1.82) is 0 Å². The molecule has 2 unspecified atom stereocenters. The number of hydrogen-bond acceptors (Lipinski definition) is 7. The zero-order valence-electron chi connectivity index (χ0n) is 20.4. The number of aliphatic hydroxyl groups is 5. The number of hydrogen-bond donors (Lipinski definition) is 7. The number of carbonyl (C=O) groups is 1. The van der Waals surface area contributed by atoms with Crippen LogP contribution in [0.3, 0.4) is 0 Å². The first-order chi connectivity index (χ1) is 16.1. The molecule has 0 radical (unpaired) electrons. The van der Waals surface area contributed by atoms with Crippen LogP contribution in [0.4, 0.5) is 0 Å². The molecule has 0 aromatic heterocycles. The number of carboxylic acids is 1. The van der Waals surface area contributed by atoms with Crippen LogP contribution >= 0.6 is 0 Å². The second-order valence-corrected chi connectivity index (χ2v) is 9.68. The lowest BCUT2D eigenvalue weighted by atomic mass is 9.89. The second kappa shape index (κ2) is 15.3. The third-order valence-corrected chi connectivity index (χ3v) is 6.80. The Bertz CT molecular complexity index is 727. The normalized spacial score (nSPS) is 27.0. The Morgan fingerprint density at radius 2 is 1.88 bits per heavy atom. The van der Waals surface area contributed by atoms with Gasteiger partial charge < -0.3 is 36.4 Å². The number of unbranched alkanes of at least 4 members (excludes halogenated alkanes) is 1. The molecule has 0 amide bonds. The molecule has 0 heterocycles. The Balaban J connectivity index is 0.000000620. The van der Waals surface area contributed by atoms with Gasteiger partial charge in [-0.15, -0.1) is 11.8 Å². The van der Waals surface area contributed by atoms with Gasteiger partial charge in [0.15, 0.2) is 0 Å². The molecule has 194 valence electrons. The summed E-state index contributed by atoms with van der Waals surface area (Å²) >= 11 is 0. The summed E-state index contributed by atoms with van der Waals surface area (Å²) < 4.78 is 0. The molecule has 0 aromatic carbocycles. The van der Waals surface area contributed by atoms with Crippen molar-refractivity contribution in [3.8, 4) is 11.8 Å². The third kappa shape index (κ3) is 9.87. The second-order valence-electron chi connectivity index (χ2n) is 9.68. The van der Waals surface area contributed by atoms with Crippen LogP contribution in [0.5, 0.6) is 0 Å². The van der Waals surface area contributed by atoms with Crippen molar-refractivity contribution < 1.29 is 35.4 Å². The van der Waals surface area contributed by atoms with Crippen molar-refractivity contribution in [3.63, 3.8) is 0 Å². The van der Waals surface area contributed by atoms with Gasteiger partial charge in [-0.2, -0.15) is 0 Å². The average molecular weight is 482 g/mol. The molecule has 0 aliphatic heterocycles. The molecule has 0 spiro atoms. The van der Waals surface area contributed by atoms with Crippen molar-refractivity contribution in [2.75, 3.05) is 19.8 Å². The minimum atomic E-state index is -1.21. The lowest BCUT2D eigenvalue weighted by Gasteiger charge is -2.20. The molecule has 34 heavy (non-hydrogen) atoms. The smallest absolute Gasteiger partial charge is 0.303 e. The van der Waals surface area contributed by atoms with E-state index >= 15 is 0 Å². The van der Waals surface area contributed by atoms with E-state index in [4.69, 9.17) is 26.2 Å². The SMILES string of the molecule is CC#CCC(C)[C@H](O)/C=C/C1[C@H](O)C[C@@H]2C/C(=C\CCCC(=O)O)C[C@H]12.NC(CO)(CO)CO. The fraction of sp³-hybridized carbons (Fsp3) is 0.731. The lowest BCUT2D eigenvalue weighted by molar-refractivity contribution is -0.137. The standard InChI is InChI=1S/C22H32O4.C4H11NO3/c1-3-4-7-15(2)20(23)11-10-18-19-13-16(8-5-6-9-22(25)26)12-17(19)14-21(18)24;5-4(1-6,2-7)3-8/h8,10-11,15,17-21,23-24H,5-7,9,12-14H2,1-2H3,(H,25,26);6-8H,1-3,5H2/b11-10+,16-8+;/t15?,17-,18?,19-,20+,21+;/m0./s1. The molecular weight excluding hydrogens is 438 g/mol. The number of aliphatic carboxylic acids is 1. The number of fused-ring (bicyclic) bond motifs is 1. The number of allylic oxidation sites excluding steroid dienone is 2. The van der Waals surface area contributed by atoms with Gasteiger partial charge in [-0.3, -0.25) is 4.79 Å². The highest BCUT2D eigenvalue weighted by atomic mass is 16.4. The molecule has 8 heteroatoms. The lowest BCUT2D eigenvalue weighted by Crippen LogP contribution is -2.50. The van der Waals surface area contributed by atoms with Crippen molar-refractivity contribution in [1.82, 2.24) is 0 Å². The quantitative estimate of drug-likeness (QED) is 0.131. The van der Waals surface area contributed by atoms with E-state index in [1.807, 2.05) is 19.1 Å². The third-order valence-electron chi connectivity index (χ3n) is 6.80. The Morgan fingerprint density at radius 3 is 2.41 bits per heavy atom. The number of rotatable bonds is 11. The summed E-state index contributed by atoms with van der Waals surface area (Å²) in [6.45, 7) is 2.58. The Morgan fingerprint density at radius 1 is 1.24 bits per heavy atom. The molecule has 2 fully saturated rings. The topological polar surface area (TPSA) is 164 Å². The van der Waals surface area contributed by atoms with Crippen LogP contribution in [-0.4, -0.2) is 74.2 Å². The van der Waals surface area contributed by atoms with E-state index in [0.29, 0.717) is 24.7 Å². The molecule has 0 saturated heterocycles. The van der Waals surface area contributed by atoms with E-state index in [-0.39, 0.29) is 24.4 Å². The molecule has 0 aromatic rings. The van der Waals surface area contributed by atoms with Crippen LogP contribution in [0.25, 0.3) is 0 Å². The van der Waals surface area contributed by atoms with E-state index in [1.54, 1.807) is 6.92 Å². The predicted octanol–water partition coefficient (Wildman–Crippen LogP) is 1.20. The Hall–Kier alpha value is -1.73. The van der Waals surface area contributed by atoms with Crippen LogP contribution in [0.1, 0.15) is 58.8 Å². The molecule has 2 aliphatic carbocycles. The van der Waals surface area contributed by atoms with Gasteiger partial charge in [-0.1, -0.05) is 30.7 Å². The molecule has 0 bridgehead atoms. The van der Waals surface area contributed by atoms with E-state index in [1.165, 1.54) is 5.57 Å². The Kier molecular flexibility index (Phi) is 13.6. The predicted molar refractivity (Wildman–Crippen MR) is 130 cm³/mol. The summed E-state index contributed by atoms with van der Waals surface area (Å²) in [5.74, 6) is 6.25. The van der Waals surface area contributed by atoms with Crippen LogP contribution in [0.15, 0.2) is 23.8 Å². The van der Waals surface area contributed by atoms with Gasteiger partial charge in [0.2, 0.25) is 0 Å². The van der Waals surface area contributed by atoms with Gasteiger partial charge in [0, 0.05) is 18.8 Å². The molecule has 8 N–H and O–H groups in total. The first kappa shape index (κ1) is 30.3. The van der Waals surface area contributed by atoms with Crippen molar-refractivity contribution in [2.45, 2.75) is 76.5 Å². The van der Waals surface area contributed by atoms with Crippen molar-refractivity contribution in [2.24, 2.45) is 29.4 Å². The molecule has 2 aliphatic rings. The Labute approximate surface area is 203 Å². The number of carboxylic acid groups (broad SMARTS) is 1. The first-order valence-corrected chi connectivity index (χ1v) is 12.1. The highest BCUT2D eigenvalue weighted by Crippen LogP contribution is 2.50. The van der Waals surface area contributed by atoms with E-state index < -0.39 is 37.4 Å². The summed E-state index contributed by atoms with van der Waals surface area (Å²) in [6, 6.07) is 0. The zero-order chi connectivity index (χ0) is 25.7. The molecule has 8 nitrogen and oxygen atoms in total. The first-order valence-electron chi connectivity index (χ1n) is 12.1. The maximum absolute atomic E-state index is 10.6. The van der Waals surface area contributed by atoms with E-state index in [0.717, 1.165) is 25.7 Å². The highest BCUT2D eigenvalue weighted by Gasteiger charge is 2.44. The summed E-state index contributed by atoms with van der Waals surface area (Å²) in [5, 5.41) is 54.4. The highest BCUT2D eigenvalue weighted by molar-refractivity contribution is 5.66. The van der Waals surface area contributed by atoms with E-state index in [9.17, 15) is 15.0 Å². The molecule has 2 saturated carbocycles. The van der Waals surface area contributed by atoms with Crippen molar-refractivity contribution in [3.05, 3.63) is 23.8 Å². The molecule has 2 rings (SSSR count). The summed E-state index contributed by atoms with van der Waals surface area (Å²) in [4.78, 5) is 10.6. The average Bonchev–Trinajstić information content (AvgIpc) is 3.34. The molecule has 6 atom stereocenters. The largest absolute Gasteiger partial charge is 0.481 e. The van der Waals surface area contributed by atoms with Crippen LogP contribution in [0.2, 0.25) is 0 Å². The maximum atomic E-state index is 10.6. The fourth-order valence-corrected chi connectivity index (χ4v) is 4.46. The number of aliphatic hydroxyl groups excluding tert-OH is 5.